The number of allylic oxidation sites excluding steroid dienone is 6. The van der Waals surface area contributed by atoms with Gasteiger partial charge in [-0.1, -0.05) is 54.6 Å². The van der Waals surface area contributed by atoms with Crippen molar-refractivity contribution in [1.29, 1.82) is 0 Å². The molecule has 1 amide bonds. The SMILES string of the molecule is CN1CCN(C(=O)/C=C/c2ccc(C(=O)CC3=C/C=C\CC/C=C\3)cc2)CC1. The molecule has 1 heterocycles. The molecule has 1 saturated heterocycles. The van der Waals surface area contributed by atoms with E-state index in [9.17, 15) is 9.59 Å². The summed E-state index contributed by atoms with van der Waals surface area (Å²) < 4.78 is 0. The van der Waals surface area contributed by atoms with E-state index in [0.29, 0.717) is 12.0 Å². The number of piperazine rings is 1. The Hall–Kier alpha value is -2.72. The van der Waals surface area contributed by atoms with Crippen LogP contribution >= 0.6 is 0 Å². The van der Waals surface area contributed by atoms with Gasteiger partial charge >= 0.3 is 0 Å². The molecule has 4 heteroatoms. The third kappa shape index (κ3) is 5.89. The van der Waals surface area contributed by atoms with Crippen LogP contribution in [0.4, 0.5) is 0 Å². The summed E-state index contributed by atoms with van der Waals surface area (Å²) in [6.45, 7) is 3.37. The summed E-state index contributed by atoms with van der Waals surface area (Å²) in [7, 11) is 2.07. The molecular formula is C24H28N2O2. The van der Waals surface area contributed by atoms with Crippen LogP contribution in [0, 0.1) is 0 Å². The molecule has 0 bridgehead atoms. The van der Waals surface area contributed by atoms with E-state index in [-0.39, 0.29) is 11.7 Å². The minimum Gasteiger partial charge on any atom is -0.337 e. The topological polar surface area (TPSA) is 40.6 Å². The zero-order valence-electron chi connectivity index (χ0n) is 16.5. The Labute approximate surface area is 167 Å². The van der Waals surface area contributed by atoms with Crippen molar-refractivity contribution in [3.05, 3.63) is 77.4 Å². The Morgan fingerprint density at radius 2 is 1.71 bits per heavy atom. The third-order valence-corrected chi connectivity index (χ3v) is 5.11. The lowest BCUT2D eigenvalue weighted by atomic mass is 10.00. The zero-order valence-corrected chi connectivity index (χ0v) is 16.5. The third-order valence-electron chi connectivity index (χ3n) is 5.11. The van der Waals surface area contributed by atoms with Crippen LogP contribution in [-0.4, -0.2) is 54.7 Å². The molecule has 0 radical (unpaired) electrons. The van der Waals surface area contributed by atoms with Gasteiger partial charge in [-0.3, -0.25) is 9.59 Å². The quantitative estimate of drug-likeness (QED) is 0.578. The van der Waals surface area contributed by atoms with Gasteiger partial charge < -0.3 is 9.80 Å². The average molecular weight is 377 g/mol. The van der Waals surface area contributed by atoms with Gasteiger partial charge in [-0.05, 0) is 37.1 Å². The molecule has 28 heavy (non-hydrogen) atoms. The van der Waals surface area contributed by atoms with E-state index in [1.165, 1.54) is 0 Å². The van der Waals surface area contributed by atoms with Crippen LogP contribution in [0.1, 0.15) is 35.2 Å². The van der Waals surface area contributed by atoms with E-state index in [0.717, 1.165) is 50.2 Å². The molecule has 3 rings (SSSR count). The maximum atomic E-state index is 12.5. The van der Waals surface area contributed by atoms with Gasteiger partial charge in [0.1, 0.15) is 0 Å². The Balaban J connectivity index is 1.56. The van der Waals surface area contributed by atoms with Crippen LogP contribution in [0.25, 0.3) is 6.08 Å². The summed E-state index contributed by atoms with van der Waals surface area (Å²) in [4.78, 5) is 28.9. The molecule has 0 spiro atoms. The first-order valence-electron chi connectivity index (χ1n) is 9.93. The highest BCUT2D eigenvalue weighted by atomic mass is 16.2. The van der Waals surface area contributed by atoms with Crippen molar-refractivity contribution >= 4 is 17.8 Å². The van der Waals surface area contributed by atoms with Crippen molar-refractivity contribution in [2.75, 3.05) is 33.2 Å². The number of Topliss-reactive ketones (excluding diaryl/α,β-unsaturated/α-hetero) is 1. The van der Waals surface area contributed by atoms with E-state index in [1.54, 1.807) is 6.08 Å². The summed E-state index contributed by atoms with van der Waals surface area (Å²) in [5.41, 5.74) is 2.65. The summed E-state index contributed by atoms with van der Waals surface area (Å²) in [6, 6.07) is 7.46. The van der Waals surface area contributed by atoms with Crippen molar-refractivity contribution in [3.8, 4) is 0 Å². The maximum Gasteiger partial charge on any atom is 0.246 e. The average Bonchev–Trinajstić information content (AvgIpc) is 2.69. The Morgan fingerprint density at radius 1 is 1.00 bits per heavy atom. The van der Waals surface area contributed by atoms with Gasteiger partial charge in [0, 0.05) is 44.2 Å². The zero-order chi connectivity index (χ0) is 19.8. The van der Waals surface area contributed by atoms with Gasteiger partial charge in [-0.15, -0.1) is 0 Å². The second-order valence-electron chi connectivity index (χ2n) is 7.33. The van der Waals surface area contributed by atoms with Crippen LogP contribution in [0.2, 0.25) is 0 Å². The molecule has 146 valence electrons. The number of rotatable bonds is 5. The number of likely N-dealkylation sites (N-methyl/N-ethyl adjacent to an activating group) is 1. The van der Waals surface area contributed by atoms with Crippen molar-refractivity contribution in [3.63, 3.8) is 0 Å². The molecule has 1 aliphatic heterocycles. The molecule has 4 nitrogen and oxygen atoms in total. The smallest absolute Gasteiger partial charge is 0.246 e. The van der Waals surface area contributed by atoms with Crippen LogP contribution in [0.3, 0.4) is 0 Å². The van der Waals surface area contributed by atoms with Crippen LogP contribution in [0.5, 0.6) is 0 Å². The summed E-state index contributed by atoms with van der Waals surface area (Å²) in [6.07, 6.45) is 16.2. The molecule has 0 aromatic heterocycles. The predicted octanol–water partition coefficient (Wildman–Crippen LogP) is 3.88. The first-order chi connectivity index (χ1) is 13.6. The highest BCUT2D eigenvalue weighted by molar-refractivity contribution is 5.98. The van der Waals surface area contributed by atoms with E-state index in [4.69, 9.17) is 0 Å². The van der Waals surface area contributed by atoms with Gasteiger partial charge in [0.15, 0.2) is 5.78 Å². The van der Waals surface area contributed by atoms with Crippen molar-refractivity contribution in [2.24, 2.45) is 0 Å². The molecule has 2 aliphatic rings. The Kier molecular flexibility index (Phi) is 7.15. The van der Waals surface area contributed by atoms with Crippen molar-refractivity contribution in [2.45, 2.75) is 19.3 Å². The lowest BCUT2D eigenvalue weighted by Gasteiger charge is -2.31. The van der Waals surface area contributed by atoms with Gasteiger partial charge in [-0.2, -0.15) is 0 Å². The van der Waals surface area contributed by atoms with E-state index in [1.807, 2.05) is 53.5 Å². The Morgan fingerprint density at radius 3 is 2.46 bits per heavy atom. The maximum absolute atomic E-state index is 12.5. The fraction of sp³-hybridized carbons (Fsp3) is 0.333. The van der Waals surface area contributed by atoms with Gasteiger partial charge in [0.2, 0.25) is 5.91 Å². The molecule has 1 aromatic rings. The van der Waals surface area contributed by atoms with Gasteiger partial charge in [-0.25, -0.2) is 0 Å². The normalized spacial score (nSPS) is 22.2. The number of carbonyl (C=O) groups is 2. The molecule has 1 aliphatic carbocycles. The molecule has 1 fully saturated rings. The lowest BCUT2D eigenvalue weighted by molar-refractivity contribution is -0.127. The molecule has 0 atom stereocenters. The monoisotopic (exact) mass is 376 g/mol. The standard InChI is InChI=1S/C24H28N2O2/c1-25-15-17-26(18-16-25)24(28)14-11-20-9-12-22(13-10-20)23(27)19-21-7-5-3-2-4-6-8-21/h3,5-14H,2,4,15-19H2,1H3/b5-3-,8-6-,14-11+,21-7+. The minimum atomic E-state index is 0.0457. The number of carbonyl (C=O) groups excluding carboxylic acids is 2. The molecule has 0 saturated carbocycles. The number of nitrogens with zero attached hydrogens (tertiary/aromatic N) is 2. The van der Waals surface area contributed by atoms with Crippen LogP contribution in [-0.2, 0) is 4.79 Å². The predicted molar refractivity (Wildman–Crippen MR) is 114 cm³/mol. The van der Waals surface area contributed by atoms with Crippen LogP contribution in [0.15, 0.2) is 66.3 Å². The van der Waals surface area contributed by atoms with Crippen molar-refractivity contribution in [1.82, 2.24) is 9.80 Å². The summed E-state index contributed by atoms with van der Waals surface area (Å²) in [5, 5.41) is 0. The fourth-order valence-corrected chi connectivity index (χ4v) is 3.26. The van der Waals surface area contributed by atoms with Crippen LogP contribution < -0.4 is 0 Å². The minimum absolute atomic E-state index is 0.0457. The highest BCUT2D eigenvalue weighted by Crippen LogP contribution is 2.15. The first-order valence-corrected chi connectivity index (χ1v) is 9.93. The first kappa shape index (κ1) is 20.0. The largest absolute Gasteiger partial charge is 0.337 e. The van der Waals surface area contributed by atoms with E-state index in [2.05, 4.69) is 24.1 Å². The number of amides is 1. The molecule has 1 aromatic carbocycles. The molecular weight excluding hydrogens is 348 g/mol. The summed E-state index contributed by atoms with van der Waals surface area (Å²) in [5.74, 6) is 0.151. The van der Waals surface area contributed by atoms with Gasteiger partial charge in [0.25, 0.3) is 0 Å². The number of hydrogen-bond donors (Lipinski definition) is 0. The summed E-state index contributed by atoms with van der Waals surface area (Å²) >= 11 is 0. The number of hydrogen-bond acceptors (Lipinski definition) is 3. The highest BCUT2D eigenvalue weighted by Gasteiger charge is 2.16. The second-order valence-corrected chi connectivity index (χ2v) is 7.33. The second kappa shape index (κ2) is 10.00. The lowest BCUT2D eigenvalue weighted by Crippen LogP contribution is -2.46. The van der Waals surface area contributed by atoms with E-state index < -0.39 is 0 Å². The van der Waals surface area contributed by atoms with Crippen molar-refractivity contribution < 1.29 is 9.59 Å². The fourth-order valence-electron chi connectivity index (χ4n) is 3.26. The molecule has 0 unspecified atom stereocenters. The van der Waals surface area contributed by atoms with E-state index >= 15 is 0 Å². The number of benzene rings is 1. The molecule has 0 N–H and O–H groups in total. The number of ketones is 1. The van der Waals surface area contributed by atoms with Gasteiger partial charge in [0.05, 0.1) is 0 Å². The Bertz CT molecular complexity index is 808.